The first kappa shape index (κ1) is 22.2. The fourth-order valence-corrected chi connectivity index (χ4v) is 3.59. The van der Waals surface area contributed by atoms with Crippen LogP contribution in [-0.4, -0.2) is 41.5 Å². The van der Waals surface area contributed by atoms with Crippen LogP contribution < -0.4 is 5.32 Å². The molecule has 4 aromatic heterocycles. The van der Waals surface area contributed by atoms with Crippen molar-refractivity contribution < 1.29 is 22.4 Å². The van der Waals surface area contributed by atoms with Crippen LogP contribution in [-0.2, 0) is 6.54 Å². The smallest absolute Gasteiger partial charge is 0.257 e. The standard InChI is InChI=1S/C23H15F4N7O/c24-15-4-2-1-3-14(15)21-22(33(12-29-21)10-17(25)26)16-5-6-20-30-19(11-34(20)32-16)31-23(35)13-7-8-28-18(27)9-13/h1-9,11-12,17H,10H2,(H,31,35). The fourth-order valence-electron chi connectivity index (χ4n) is 3.59. The maximum atomic E-state index is 14.5. The van der Waals surface area contributed by atoms with Crippen LogP contribution in [0.1, 0.15) is 10.4 Å². The topological polar surface area (TPSA) is 90.0 Å². The number of benzene rings is 1. The number of imidazole rings is 2. The Hall–Kier alpha value is -4.61. The summed E-state index contributed by atoms with van der Waals surface area (Å²) in [4.78, 5) is 24.2. The first-order valence-corrected chi connectivity index (χ1v) is 10.3. The molecule has 0 saturated carbocycles. The number of carbonyl (C=O) groups excluding carboxylic acids is 1. The van der Waals surface area contributed by atoms with Crippen LogP contribution in [0, 0.1) is 11.8 Å². The number of carbonyl (C=O) groups is 1. The number of aromatic nitrogens is 6. The van der Waals surface area contributed by atoms with Crippen molar-refractivity contribution in [1.29, 1.82) is 0 Å². The van der Waals surface area contributed by atoms with Gasteiger partial charge in [-0.2, -0.15) is 9.49 Å². The zero-order valence-corrected chi connectivity index (χ0v) is 17.7. The van der Waals surface area contributed by atoms with Crippen LogP contribution in [0.4, 0.5) is 23.4 Å². The molecule has 0 bridgehead atoms. The second-order valence-corrected chi connectivity index (χ2v) is 7.43. The molecule has 5 aromatic rings. The van der Waals surface area contributed by atoms with Crippen molar-refractivity contribution in [2.45, 2.75) is 13.0 Å². The number of nitrogens with zero attached hydrogens (tertiary/aromatic N) is 6. The molecule has 0 saturated heterocycles. The third-order valence-corrected chi connectivity index (χ3v) is 5.09. The molecule has 0 aliphatic heterocycles. The lowest BCUT2D eigenvalue weighted by molar-refractivity contribution is 0.102. The van der Waals surface area contributed by atoms with Gasteiger partial charge in [0.25, 0.3) is 12.3 Å². The predicted octanol–water partition coefficient (Wildman–Crippen LogP) is 4.45. The lowest BCUT2D eigenvalue weighted by Gasteiger charge is -2.10. The molecule has 176 valence electrons. The number of rotatable bonds is 6. The fraction of sp³-hybridized carbons (Fsp3) is 0.0870. The number of nitrogens with one attached hydrogen (secondary N) is 1. The quantitative estimate of drug-likeness (QED) is 0.286. The van der Waals surface area contributed by atoms with Crippen molar-refractivity contribution in [3.8, 4) is 22.6 Å². The van der Waals surface area contributed by atoms with Gasteiger partial charge in [0.1, 0.15) is 17.2 Å². The first-order valence-electron chi connectivity index (χ1n) is 10.3. The van der Waals surface area contributed by atoms with Gasteiger partial charge in [-0.3, -0.25) is 4.79 Å². The Labute approximate surface area is 194 Å². The summed E-state index contributed by atoms with van der Waals surface area (Å²) in [7, 11) is 0. The summed E-state index contributed by atoms with van der Waals surface area (Å²) >= 11 is 0. The van der Waals surface area contributed by atoms with Crippen molar-refractivity contribution in [2.75, 3.05) is 5.32 Å². The Morgan fingerprint density at radius 2 is 1.89 bits per heavy atom. The van der Waals surface area contributed by atoms with Gasteiger partial charge in [-0.25, -0.2) is 32.6 Å². The van der Waals surface area contributed by atoms with Crippen molar-refractivity contribution in [3.63, 3.8) is 0 Å². The van der Waals surface area contributed by atoms with Gasteiger partial charge in [0.15, 0.2) is 11.5 Å². The van der Waals surface area contributed by atoms with E-state index >= 15 is 0 Å². The molecule has 0 fully saturated rings. The number of alkyl halides is 2. The summed E-state index contributed by atoms with van der Waals surface area (Å²) in [5, 5.41) is 6.96. The number of halogens is 4. The molecule has 0 spiro atoms. The van der Waals surface area contributed by atoms with Gasteiger partial charge in [-0.1, -0.05) is 12.1 Å². The second-order valence-electron chi connectivity index (χ2n) is 7.43. The SMILES string of the molecule is O=C(Nc1cn2nc(-c3c(-c4ccccc4F)ncn3CC(F)F)ccc2n1)c1ccnc(F)c1. The summed E-state index contributed by atoms with van der Waals surface area (Å²) in [6.07, 6.45) is 1.11. The van der Waals surface area contributed by atoms with Crippen molar-refractivity contribution in [2.24, 2.45) is 0 Å². The minimum absolute atomic E-state index is 0.0497. The molecule has 1 aromatic carbocycles. The van der Waals surface area contributed by atoms with Crippen LogP contribution in [0.15, 0.2) is 67.3 Å². The predicted molar refractivity (Wildman–Crippen MR) is 118 cm³/mol. The van der Waals surface area contributed by atoms with E-state index in [9.17, 15) is 22.4 Å². The van der Waals surface area contributed by atoms with E-state index in [1.54, 1.807) is 12.1 Å². The lowest BCUT2D eigenvalue weighted by atomic mass is 10.1. The van der Waals surface area contributed by atoms with Crippen molar-refractivity contribution >= 4 is 17.4 Å². The van der Waals surface area contributed by atoms with E-state index in [0.717, 1.165) is 12.3 Å². The monoisotopic (exact) mass is 481 g/mol. The van der Waals surface area contributed by atoms with E-state index in [-0.39, 0.29) is 34.0 Å². The maximum absolute atomic E-state index is 14.5. The molecule has 0 radical (unpaired) electrons. The minimum atomic E-state index is -2.67. The van der Waals surface area contributed by atoms with Gasteiger partial charge in [0.2, 0.25) is 5.95 Å². The zero-order chi connectivity index (χ0) is 24.5. The molecule has 4 heterocycles. The largest absolute Gasteiger partial charge is 0.323 e. The Bertz CT molecular complexity index is 1550. The molecule has 1 N–H and O–H groups in total. The summed E-state index contributed by atoms with van der Waals surface area (Å²) in [6, 6.07) is 11.3. The highest BCUT2D eigenvalue weighted by Gasteiger charge is 2.21. The van der Waals surface area contributed by atoms with Crippen LogP contribution >= 0.6 is 0 Å². The zero-order valence-electron chi connectivity index (χ0n) is 17.7. The Morgan fingerprint density at radius 1 is 1.06 bits per heavy atom. The molecule has 0 atom stereocenters. The molecule has 0 aliphatic rings. The third-order valence-electron chi connectivity index (χ3n) is 5.09. The molecule has 0 aliphatic carbocycles. The van der Waals surface area contributed by atoms with Crippen LogP contribution in [0.5, 0.6) is 0 Å². The Kier molecular flexibility index (Phi) is 5.69. The average molecular weight is 481 g/mol. The molecule has 8 nitrogen and oxygen atoms in total. The average Bonchev–Trinajstić information content (AvgIpc) is 3.41. The van der Waals surface area contributed by atoms with Gasteiger partial charge >= 0.3 is 0 Å². The molecule has 35 heavy (non-hydrogen) atoms. The number of amides is 1. The third kappa shape index (κ3) is 4.45. The number of fused-ring (bicyclic) bond motifs is 1. The van der Waals surface area contributed by atoms with E-state index < -0.39 is 30.6 Å². The first-order chi connectivity index (χ1) is 16.9. The molecule has 0 unspecified atom stereocenters. The lowest BCUT2D eigenvalue weighted by Crippen LogP contribution is -2.12. The summed E-state index contributed by atoms with van der Waals surface area (Å²) in [6.45, 7) is -0.662. The van der Waals surface area contributed by atoms with Crippen LogP contribution in [0.2, 0.25) is 0 Å². The summed E-state index contributed by atoms with van der Waals surface area (Å²) < 4.78 is 56.8. The van der Waals surface area contributed by atoms with Gasteiger partial charge in [-0.15, -0.1) is 0 Å². The van der Waals surface area contributed by atoms with Crippen molar-refractivity contribution in [1.82, 2.24) is 29.1 Å². The number of hydrogen-bond donors (Lipinski definition) is 1. The highest BCUT2D eigenvalue weighted by Crippen LogP contribution is 2.32. The van der Waals surface area contributed by atoms with E-state index in [4.69, 9.17) is 0 Å². The van der Waals surface area contributed by atoms with E-state index in [1.807, 2.05) is 0 Å². The van der Waals surface area contributed by atoms with Crippen molar-refractivity contribution in [3.05, 3.63) is 84.6 Å². The van der Waals surface area contributed by atoms with Crippen LogP contribution in [0.25, 0.3) is 28.3 Å². The Morgan fingerprint density at radius 3 is 2.66 bits per heavy atom. The minimum Gasteiger partial charge on any atom is -0.323 e. The molecule has 1 amide bonds. The highest BCUT2D eigenvalue weighted by atomic mass is 19.3. The highest BCUT2D eigenvalue weighted by molar-refractivity contribution is 6.03. The summed E-state index contributed by atoms with van der Waals surface area (Å²) in [5.41, 5.74) is 1.12. The van der Waals surface area contributed by atoms with Crippen LogP contribution in [0.3, 0.4) is 0 Å². The van der Waals surface area contributed by atoms with Gasteiger partial charge < -0.3 is 9.88 Å². The van der Waals surface area contributed by atoms with E-state index in [0.29, 0.717) is 5.65 Å². The van der Waals surface area contributed by atoms with Gasteiger partial charge in [-0.05, 0) is 30.3 Å². The van der Waals surface area contributed by atoms with Gasteiger partial charge in [0.05, 0.1) is 24.8 Å². The number of hydrogen-bond acceptors (Lipinski definition) is 5. The molecular formula is C23H15F4N7O. The molecule has 5 rings (SSSR count). The second kappa shape index (κ2) is 8.97. The molecular weight excluding hydrogens is 466 g/mol. The maximum Gasteiger partial charge on any atom is 0.257 e. The molecule has 12 heteroatoms. The van der Waals surface area contributed by atoms with Gasteiger partial charge in [0, 0.05) is 23.4 Å². The number of pyridine rings is 1. The van der Waals surface area contributed by atoms with E-state index in [1.165, 1.54) is 51.9 Å². The number of anilines is 1. The Balaban J connectivity index is 1.53. The van der Waals surface area contributed by atoms with E-state index in [2.05, 4.69) is 25.4 Å². The normalized spacial score (nSPS) is 11.3. The summed E-state index contributed by atoms with van der Waals surface area (Å²) in [5.74, 6) is -1.83.